The minimum Gasteiger partial charge on any atom is -0.489 e. The van der Waals surface area contributed by atoms with Crippen molar-refractivity contribution < 1.29 is 18.3 Å². The SMILES string of the molecule is CN1c2ccccc2C(O)c2ccc(OCc3ccccc3)cc2S1(=O)=O. The molecule has 4 rings (SSSR count). The molecule has 1 unspecified atom stereocenters. The molecular weight excluding hydrogens is 362 g/mol. The lowest BCUT2D eigenvalue weighted by Gasteiger charge is -2.19. The first-order chi connectivity index (χ1) is 13.0. The molecule has 0 aliphatic carbocycles. The smallest absolute Gasteiger partial charge is 0.264 e. The van der Waals surface area contributed by atoms with Crippen molar-refractivity contribution in [1.82, 2.24) is 0 Å². The summed E-state index contributed by atoms with van der Waals surface area (Å²) in [4.78, 5) is 0.0549. The molecule has 1 aliphatic heterocycles. The molecule has 0 saturated heterocycles. The molecule has 27 heavy (non-hydrogen) atoms. The van der Waals surface area contributed by atoms with Crippen LogP contribution in [0.2, 0.25) is 0 Å². The van der Waals surface area contributed by atoms with Crippen LogP contribution in [0.5, 0.6) is 5.75 Å². The van der Waals surface area contributed by atoms with Crippen molar-refractivity contribution >= 4 is 15.7 Å². The number of para-hydroxylation sites is 1. The van der Waals surface area contributed by atoms with Crippen LogP contribution in [0.1, 0.15) is 22.8 Å². The highest BCUT2D eigenvalue weighted by Gasteiger charge is 2.34. The van der Waals surface area contributed by atoms with Gasteiger partial charge < -0.3 is 9.84 Å². The number of rotatable bonds is 3. The minimum absolute atomic E-state index is 0.0549. The van der Waals surface area contributed by atoms with Crippen LogP contribution in [0.25, 0.3) is 0 Å². The maximum absolute atomic E-state index is 13.1. The second-order valence-electron chi connectivity index (χ2n) is 6.41. The molecule has 1 heterocycles. The molecule has 6 heteroatoms. The van der Waals surface area contributed by atoms with Crippen molar-refractivity contribution in [3.8, 4) is 5.75 Å². The van der Waals surface area contributed by atoms with Crippen LogP contribution in [-0.2, 0) is 16.6 Å². The molecule has 0 aromatic heterocycles. The molecule has 5 nitrogen and oxygen atoms in total. The molecule has 0 amide bonds. The first-order valence-corrected chi connectivity index (χ1v) is 9.99. The highest BCUT2D eigenvalue weighted by Crippen LogP contribution is 2.40. The van der Waals surface area contributed by atoms with Crippen LogP contribution < -0.4 is 9.04 Å². The average molecular weight is 381 g/mol. The number of sulfonamides is 1. The number of hydrogen-bond donors (Lipinski definition) is 1. The van der Waals surface area contributed by atoms with Gasteiger partial charge in [-0.05, 0) is 17.7 Å². The van der Waals surface area contributed by atoms with Crippen molar-refractivity contribution in [2.24, 2.45) is 0 Å². The summed E-state index contributed by atoms with van der Waals surface area (Å²) in [5, 5.41) is 10.8. The fourth-order valence-corrected chi connectivity index (χ4v) is 4.71. The Bertz CT molecular complexity index is 1080. The van der Waals surface area contributed by atoms with Crippen molar-refractivity contribution in [2.75, 3.05) is 11.4 Å². The van der Waals surface area contributed by atoms with E-state index in [0.717, 1.165) is 5.56 Å². The summed E-state index contributed by atoms with van der Waals surface area (Å²) in [6.45, 7) is 0.332. The zero-order chi connectivity index (χ0) is 19.0. The average Bonchev–Trinajstić information content (AvgIpc) is 2.76. The molecule has 3 aromatic carbocycles. The van der Waals surface area contributed by atoms with E-state index in [0.29, 0.717) is 29.2 Å². The quantitative estimate of drug-likeness (QED) is 0.754. The fourth-order valence-electron chi connectivity index (χ4n) is 3.24. The molecule has 0 bridgehead atoms. The van der Waals surface area contributed by atoms with Gasteiger partial charge in [-0.2, -0.15) is 0 Å². The normalized spacial score (nSPS) is 17.6. The summed E-state index contributed by atoms with van der Waals surface area (Å²) in [5.41, 5.74) is 2.35. The van der Waals surface area contributed by atoms with Crippen molar-refractivity contribution in [2.45, 2.75) is 17.6 Å². The maximum Gasteiger partial charge on any atom is 0.264 e. The third kappa shape index (κ3) is 3.07. The monoisotopic (exact) mass is 381 g/mol. The van der Waals surface area contributed by atoms with Gasteiger partial charge in [0.05, 0.1) is 10.6 Å². The number of aliphatic hydroxyl groups is 1. The zero-order valence-corrected chi connectivity index (χ0v) is 15.6. The van der Waals surface area contributed by atoms with E-state index < -0.39 is 16.1 Å². The Morgan fingerprint density at radius 3 is 2.44 bits per heavy atom. The molecular formula is C21H19NO4S. The van der Waals surface area contributed by atoms with E-state index >= 15 is 0 Å². The van der Waals surface area contributed by atoms with E-state index in [2.05, 4.69) is 0 Å². The molecule has 0 fully saturated rings. The minimum atomic E-state index is -3.82. The molecule has 138 valence electrons. The van der Waals surface area contributed by atoms with E-state index in [1.54, 1.807) is 36.4 Å². The summed E-state index contributed by atoms with van der Waals surface area (Å²) in [5.74, 6) is 0.438. The van der Waals surface area contributed by atoms with Crippen molar-refractivity contribution in [3.63, 3.8) is 0 Å². The molecule has 0 saturated carbocycles. The first kappa shape index (κ1) is 17.6. The number of nitrogens with zero attached hydrogens (tertiary/aromatic N) is 1. The Balaban J connectivity index is 1.75. The van der Waals surface area contributed by atoms with Gasteiger partial charge in [-0.25, -0.2) is 8.42 Å². The fraction of sp³-hybridized carbons (Fsp3) is 0.143. The Kier molecular flexibility index (Phi) is 4.37. The largest absolute Gasteiger partial charge is 0.489 e. The number of anilines is 1. The summed E-state index contributed by atoms with van der Waals surface area (Å²) >= 11 is 0. The van der Waals surface area contributed by atoms with Gasteiger partial charge in [-0.15, -0.1) is 0 Å². The number of ether oxygens (including phenoxy) is 1. The van der Waals surface area contributed by atoms with Crippen LogP contribution in [-0.4, -0.2) is 20.6 Å². The highest BCUT2D eigenvalue weighted by molar-refractivity contribution is 7.92. The number of aliphatic hydroxyl groups excluding tert-OH is 1. The summed E-state index contributed by atoms with van der Waals surface area (Å²) in [6, 6.07) is 21.4. The lowest BCUT2D eigenvalue weighted by Crippen LogP contribution is -2.26. The van der Waals surface area contributed by atoms with Crippen molar-refractivity contribution in [3.05, 3.63) is 89.5 Å². The summed E-state index contributed by atoms with van der Waals surface area (Å²) in [6.07, 6.45) is -1.03. The number of benzene rings is 3. The predicted molar refractivity (Wildman–Crippen MR) is 103 cm³/mol. The first-order valence-electron chi connectivity index (χ1n) is 8.55. The summed E-state index contributed by atoms with van der Waals surface area (Å²) in [7, 11) is -2.32. The zero-order valence-electron chi connectivity index (χ0n) is 14.7. The van der Waals surface area contributed by atoms with Gasteiger partial charge in [0.1, 0.15) is 18.5 Å². The van der Waals surface area contributed by atoms with E-state index in [-0.39, 0.29) is 4.90 Å². The van der Waals surface area contributed by atoms with Gasteiger partial charge >= 0.3 is 0 Å². The third-order valence-electron chi connectivity index (χ3n) is 4.74. The predicted octanol–water partition coefficient (Wildman–Crippen LogP) is 3.49. The Hall–Kier alpha value is -2.83. The summed E-state index contributed by atoms with van der Waals surface area (Å²) < 4.78 is 33.2. The van der Waals surface area contributed by atoms with Crippen LogP contribution >= 0.6 is 0 Å². The lowest BCUT2D eigenvalue weighted by molar-refractivity contribution is 0.217. The van der Waals surface area contributed by atoms with E-state index in [4.69, 9.17) is 4.74 Å². The van der Waals surface area contributed by atoms with Crippen LogP contribution in [0.3, 0.4) is 0 Å². The number of fused-ring (bicyclic) bond motifs is 2. The van der Waals surface area contributed by atoms with Gasteiger partial charge in [-0.1, -0.05) is 54.6 Å². The molecule has 0 radical (unpaired) electrons. The standard InChI is InChI=1S/C21H19NO4S/c1-22-19-10-6-5-9-17(19)21(23)18-12-11-16(13-20(18)27(22,24)25)26-14-15-7-3-2-4-8-15/h2-13,21,23H,14H2,1H3. The Labute approximate surface area is 158 Å². The van der Waals surface area contributed by atoms with E-state index in [9.17, 15) is 13.5 Å². The molecule has 3 aromatic rings. The van der Waals surface area contributed by atoms with Gasteiger partial charge in [0.25, 0.3) is 10.0 Å². The second-order valence-corrected chi connectivity index (χ2v) is 8.35. The van der Waals surface area contributed by atoms with Gasteiger partial charge in [0.15, 0.2) is 0 Å². The maximum atomic E-state index is 13.1. The second kappa shape index (κ2) is 6.72. The van der Waals surface area contributed by atoms with Gasteiger partial charge in [0.2, 0.25) is 0 Å². The van der Waals surface area contributed by atoms with E-state index in [1.807, 2.05) is 30.3 Å². The third-order valence-corrected chi connectivity index (χ3v) is 6.56. The van der Waals surface area contributed by atoms with Crippen LogP contribution in [0, 0.1) is 0 Å². The van der Waals surface area contributed by atoms with Crippen molar-refractivity contribution in [1.29, 1.82) is 0 Å². The van der Waals surface area contributed by atoms with E-state index in [1.165, 1.54) is 17.4 Å². The van der Waals surface area contributed by atoms with Crippen LogP contribution in [0.4, 0.5) is 5.69 Å². The topological polar surface area (TPSA) is 66.8 Å². The Morgan fingerprint density at radius 2 is 1.67 bits per heavy atom. The van der Waals surface area contributed by atoms with Gasteiger partial charge in [0, 0.05) is 24.2 Å². The molecule has 1 atom stereocenters. The molecule has 1 aliphatic rings. The van der Waals surface area contributed by atoms with Crippen LogP contribution in [0.15, 0.2) is 77.7 Å². The molecule has 0 spiro atoms. The lowest BCUT2D eigenvalue weighted by atomic mass is 10.00. The highest BCUT2D eigenvalue weighted by atomic mass is 32.2. The molecule has 1 N–H and O–H groups in total. The number of hydrogen-bond acceptors (Lipinski definition) is 4. The Morgan fingerprint density at radius 1 is 0.963 bits per heavy atom. The van der Waals surface area contributed by atoms with Gasteiger partial charge in [-0.3, -0.25) is 4.31 Å².